The van der Waals surface area contributed by atoms with E-state index in [0.717, 1.165) is 12.8 Å². The lowest BCUT2D eigenvalue weighted by Gasteiger charge is -2.15. The lowest BCUT2D eigenvalue weighted by molar-refractivity contribution is 0.0933. The molecule has 5 heteroatoms. The van der Waals surface area contributed by atoms with Gasteiger partial charge < -0.3 is 15.1 Å². The van der Waals surface area contributed by atoms with Gasteiger partial charge in [0.2, 0.25) is 0 Å². The molecule has 0 fully saturated rings. The first-order chi connectivity index (χ1) is 10.6. The van der Waals surface area contributed by atoms with Crippen molar-refractivity contribution in [2.24, 2.45) is 0 Å². The number of rotatable bonds is 6. The van der Waals surface area contributed by atoms with Crippen molar-refractivity contribution in [3.63, 3.8) is 0 Å². The molecule has 2 N–H and O–H groups in total. The number of nitrogens with one attached hydrogen (secondary N) is 2. The SMILES string of the molecule is CCC(CC)NC(=O)c1cccc(NC(=O)c2ccco2)c1. The van der Waals surface area contributed by atoms with Crippen molar-refractivity contribution in [1.29, 1.82) is 0 Å². The van der Waals surface area contributed by atoms with Gasteiger partial charge in [-0.2, -0.15) is 0 Å². The molecule has 0 radical (unpaired) electrons. The molecule has 0 unspecified atom stereocenters. The quantitative estimate of drug-likeness (QED) is 0.858. The van der Waals surface area contributed by atoms with Crippen molar-refractivity contribution in [2.75, 3.05) is 5.32 Å². The number of anilines is 1. The summed E-state index contributed by atoms with van der Waals surface area (Å²) in [6.45, 7) is 4.07. The Labute approximate surface area is 129 Å². The van der Waals surface area contributed by atoms with Crippen LogP contribution in [0, 0.1) is 0 Å². The van der Waals surface area contributed by atoms with E-state index in [0.29, 0.717) is 11.3 Å². The minimum Gasteiger partial charge on any atom is -0.459 e. The molecular weight excluding hydrogens is 280 g/mol. The van der Waals surface area contributed by atoms with Crippen molar-refractivity contribution in [3.05, 3.63) is 54.0 Å². The maximum atomic E-state index is 12.2. The van der Waals surface area contributed by atoms with Crippen molar-refractivity contribution in [1.82, 2.24) is 5.32 Å². The second-order valence-electron chi connectivity index (χ2n) is 5.00. The van der Waals surface area contributed by atoms with Gasteiger partial charge in [-0.1, -0.05) is 19.9 Å². The monoisotopic (exact) mass is 300 g/mol. The molecule has 1 aromatic carbocycles. The molecule has 5 nitrogen and oxygen atoms in total. The molecule has 0 spiro atoms. The average molecular weight is 300 g/mol. The highest BCUT2D eigenvalue weighted by Gasteiger charge is 2.13. The fourth-order valence-electron chi connectivity index (χ4n) is 2.10. The molecule has 0 atom stereocenters. The highest BCUT2D eigenvalue weighted by atomic mass is 16.3. The molecule has 2 amide bonds. The van der Waals surface area contributed by atoms with Crippen LogP contribution in [0.4, 0.5) is 5.69 Å². The molecule has 116 valence electrons. The summed E-state index contributed by atoms with van der Waals surface area (Å²) in [4.78, 5) is 24.1. The van der Waals surface area contributed by atoms with E-state index in [-0.39, 0.29) is 23.6 Å². The summed E-state index contributed by atoms with van der Waals surface area (Å²) in [6.07, 6.45) is 3.21. The summed E-state index contributed by atoms with van der Waals surface area (Å²) in [7, 11) is 0. The van der Waals surface area contributed by atoms with Gasteiger partial charge >= 0.3 is 0 Å². The summed E-state index contributed by atoms with van der Waals surface area (Å²) in [5.41, 5.74) is 1.07. The highest BCUT2D eigenvalue weighted by Crippen LogP contribution is 2.13. The van der Waals surface area contributed by atoms with Gasteiger partial charge in [0.1, 0.15) is 0 Å². The van der Waals surface area contributed by atoms with Crippen LogP contribution in [-0.2, 0) is 0 Å². The second kappa shape index (κ2) is 7.45. The first-order valence-electron chi connectivity index (χ1n) is 7.39. The predicted octanol–water partition coefficient (Wildman–Crippen LogP) is 3.45. The first-order valence-corrected chi connectivity index (χ1v) is 7.39. The van der Waals surface area contributed by atoms with E-state index >= 15 is 0 Å². The summed E-state index contributed by atoms with van der Waals surface area (Å²) in [5.74, 6) is -0.253. The van der Waals surface area contributed by atoms with Crippen molar-refractivity contribution in [3.8, 4) is 0 Å². The van der Waals surface area contributed by atoms with E-state index in [1.54, 1.807) is 36.4 Å². The summed E-state index contributed by atoms with van der Waals surface area (Å²) in [6, 6.07) is 10.2. The molecule has 0 saturated heterocycles. The number of carbonyl (C=O) groups is 2. The maximum Gasteiger partial charge on any atom is 0.291 e. The molecule has 0 saturated carbocycles. The van der Waals surface area contributed by atoms with Gasteiger partial charge in [0.25, 0.3) is 11.8 Å². The Bertz CT molecular complexity index is 631. The van der Waals surface area contributed by atoms with E-state index in [2.05, 4.69) is 10.6 Å². The summed E-state index contributed by atoms with van der Waals surface area (Å²) in [5, 5.41) is 5.68. The molecule has 22 heavy (non-hydrogen) atoms. The Hall–Kier alpha value is -2.56. The smallest absolute Gasteiger partial charge is 0.291 e. The Morgan fingerprint density at radius 3 is 2.50 bits per heavy atom. The first kappa shape index (κ1) is 15.8. The van der Waals surface area contributed by atoms with Gasteiger partial charge in [0, 0.05) is 17.3 Å². The topological polar surface area (TPSA) is 71.3 Å². The fraction of sp³-hybridized carbons (Fsp3) is 0.294. The molecule has 0 aliphatic rings. The van der Waals surface area contributed by atoms with Crippen LogP contribution >= 0.6 is 0 Å². The number of amides is 2. The summed E-state index contributed by atoms with van der Waals surface area (Å²) >= 11 is 0. The molecule has 2 rings (SSSR count). The largest absolute Gasteiger partial charge is 0.459 e. The zero-order chi connectivity index (χ0) is 15.9. The number of benzene rings is 1. The van der Waals surface area contributed by atoms with Crippen LogP contribution in [0.2, 0.25) is 0 Å². The number of carbonyl (C=O) groups excluding carboxylic acids is 2. The average Bonchev–Trinajstić information content (AvgIpc) is 3.07. The Kier molecular flexibility index (Phi) is 5.36. The molecule has 0 bridgehead atoms. The minimum absolute atomic E-state index is 0.136. The van der Waals surface area contributed by atoms with Gasteiger partial charge in [0.05, 0.1) is 6.26 Å². The van der Waals surface area contributed by atoms with E-state index < -0.39 is 0 Å². The third-order valence-corrected chi connectivity index (χ3v) is 3.45. The maximum absolute atomic E-state index is 12.2. The number of hydrogen-bond acceptors (Lipinski definition) is 3. The molecule has 1 aromatic heterocycles. The fourth-order valence-corrected chi connectivity index (χ4v) is 2.10. The predicted molar refractivity (Wildman–Crippen MR) is 84.9 cm³/mol. The van der Waals surface area contributed by atoms with Gasteiger partial charge in [-0.05, 0) is 43.2 Å². The van der Waals surface area contributed by atoms with Crippen LogP contribution in [0.5, 0.6) is 0 Å². The van der Waals surface area contributed by atoms with Gasteiger partial charge in [-0.25, -0.2) is 0 Å². The van der Waals surface area contributed by atoms with E-state index in [9.17, 15) is 9.59 Å². The lowest BCUT2D eigenvalue weighted by Crippen LogP contribution is -2.33. The molecule has 1 heterocycles. The molecular formula is C17H20N2O3. The third kappa shape index (κ3) is 3.97. The van der Waals surface area contributed by atoms with Crippen LogP contribution in [0.1, 0.15) is 47.6 Å². The van der Waals surface area contributed by atoms with E-state index in [1.807, 2.05) is 13.8 Å². The molecule has 0 aliphatic heterocycles. The van der Waals surface area contributed by atoms with Crippen molar-refractivity contribution in [2.45, 2.75) is 32.7 Å². The zero-order valence-electron chi connectivity index (χ0n) is 12.8. The highest BCUT2D eigenvalue weighted by molar-refractivity contribution is 6.03. The van der Waals surface area contributed by atoms with Crippen molar-refractivity contribution < 1.29 is 14.0 Å². The summed E-state index contributed by atoms with van der Waals surface area (Å²) < 4.78 is 5.04. The van der Waals surface area contributed by atoms with Crippen LogP contribution in [0.15, 0.2) is 47.1 Å². The van der Waals surface area contributed by atoms with Crippen LogP contribution in [-0.4, -0.2) is 17.9 Å². The van der Waals surface area contributed by atoms with E-state index in [1.165, 1.54) is 6.26 Å². The Balaban J connectivity index is 2.06. The molecule has 2 aromatic rings. The third-order valence-electron chi connectivity index (χ3n) is 3.45. The lowest BCUT2D eigenvalue weighted by atomic mass is 10.1. The Morgan fingerprint density at radius 1 is 1.09 bits per heavy atom. The van der Waals surface area contributed by atoms with Crippen LogP contribution in [0.25, 0.3) is 0 Å². The zero-order valence-corrected chi connectivity index (χ0v) is 12.8. The standard InChI is InChI=1S/C17H20N2O3/c1-3-13(4-2)18-16(20)12-7-5-8-14(11-12)19-17(21)15-9-6-10-22-15/h5-11,13H,3-4H2,1-2H3,(H,18,20)(H,19,21). The van der Waals surface area contributed by atoms with E-state index in [4.69, 9.17) is 4.42 Å². The number of hydrogen-bond donors (Lipinski definition) is 2. The van der Waals surface area contributed by atoms with Crippen LogP contribution < -0.4 is 10.6 Å². The Morgan fingerprint density at radius 2 is 1.86 bits per heavy atom. The van der Waals surface area contributed by atoms with Crippen LogP contribution in [0.3, 0.4) is 0 Å². The van der Waals surface area contributed by atoms with Gasteiger partial charge in [-0.15, -0.1) is 0 Å². The van der Waals surface area contributed by atoms with Gasteiger partial charge in [-0.3, -0.25) is 9.59 Å². The molecule has 0 aliphatic carbocycles. The van der Waals surface area contributed by atoms with Crippen molar-refractivity contribution >= 4 is 17.5 Å². The minimum atomic E-state index is -0.345. The second-order valence-corrected chi connectivity index (χ2v) is 5.00. The normalized spacial score (nSPS) is 10.5. The van der Waals surface area contributed by atoms with Gasteiger partial charge in [0.15, 0.2) is 5.76 Å². The number of furan rings is 1.